The standard InChI is InChI=1S/C21H30ClN5S/c1-16-26-20(15-28-16)14-27-11-8-18(9-12-27)13-25-21(23-2)24-10-7-17-3-5-19(22)6-4-17/h3-6,15,18H,7-14H2,1-2H3,(H2,23,24,25). The summed E-state index contributed by atoms with van der Waals surface area (Å²) >= 11 is 7.67. The first kappa shape index (κ1) is 21.1. The molecule has 5 nitrogen and oxygen atoms in total. The molecule has 0 radical (unpaired) electrons. The molecule has 152 valence electrons. The highest BCUT2D eigenvalue weighted by molar-refractivity contribution is 7.09. The number of halogens is 1. The molecule has 3 rings (SSSR count). The van der Waals surface area contributed by atoms with Crippen LogP contribution in [-0.2, 0) is 13.0 Å². The number of thiazole rings is 1. The molecule has 7 heteroatoms. The van der Waals surface area contributed by atoms with Crippen molar-refractivity contribution < 1.29 is 0 Å². The predicted octanol–water partition coefficient (Wildman–Crippen LogP) is 3.72. The van der Waals surface area contributed by atoms with Crippen LogP contribution in [0.25, 0.3) is 0 Å². The van der Waals surface area contributed by atoms with Gasteiger partial charge in [-0.3, -0.25) is 9.89 Å². The van der Waals surface area contributed by atoms with Crippen LogP contribution in [0.15, 0.2) is 34.6 Å². The Labute approximate surface area is 177 Å². The second-order valence-electron chi connectivity index (χ2n) is 7.33. The molecule has 0 bridgehead atoms. The number of nitrogens with zero attached hydrogens (tertiary/aromatic N) is 3. The summed E-state index contributed by atoms with van der Waals surface area (Å²) in [5, 5.41) is 11.0. The van der Waals surface area contributed by atoms with E-state index >= 15 is 0 Å². The number of likely N-dealkylation sites (tertiary alicyclic amines) is 1. The summed E-state index contributed by atoms with van der Waals surface area (Å²) in [7, 11) is 1.83. The predicted molar refractivity (Wildman–Crippen MR) is 119 cm³/mol. The van der Waals surface area contributed by atoms with E-state index in [1.165, 1.54) is 24.1 Å². The second kappa shape index (κ2) is 10.8. The van der Waals surface area contributed by atoms with Gasteiger partial charge < -0.3 is 10.6 Å². The molecular weight excluding hydrogens is 390 g/mol. The molecule has 0 saturated carbocycles. The van der Waals surface area contributed by atoms with E-state index in [-0.39, 0.29) is 0 Å². The van der Waals surface area contributed by atoms with Crippen LogP contribution < -0.4 is 10.6 Å². The van der Waals surface area contributed by atoms with Crippen molar-refractivity contribution >= 4 is 28.9 Å². The molecule has 1 aromatic carbocycles. The average Bonchev–Trinajstić information content (AvgIpc) is 3.12. The molecule has 1 aliphatic rings. The molecule has 1 aliphatic heterocycles. The number of aliphatic imine (C=N–C) groups is 1. The van der Waals surface area contributed by atoms with Crippen molar-refractivity contribution in [2.24, 2.45) is 10.9 Å². The minimum absolute atomic E-state index is 0.697. The maximum Gasteiger partial charge on any atom is 0.190 e. The fourth-order valence-corrected chi connectivity index (χ4v) is 4.23. The normalized spacial score (nSPS) is 16.3. The van der Waals surface area contributed by atoms with Gasteiger partial charge in [-0.1, -0.05) is 23.7 Å². The van der Waals surface area contributed by atoms with Crippen LogP contribution in [0.2, 0.25) is 5.02 Å². The molecule has 2 heterocycles. The first-order chi connectivity index (χ1) is 13.6. The van der Waals surface area contributed by atoms with E-state index in [1.807, 2.05) is 19.2 Å². The quantitative estimate of drug-likeness (QED) is 0.530. The lowest BCUT2D eigenvalue weighted by Crippen LogP contribution is -2.43. The number of aryl methyl sites for hydroxylation is 1. The maximum absolute atomic E-state index is 5.93. The van der Waals surface area contributed by atoms with Crippen molar-refractivity contribution in [3.8, 4) is 0 Å². The highest BCUT2D eigenvalue weighted by Crippen LogP contribution is 2.19. The largest absolute Gasteiger partial charge is 0.356 e. The molecule has 0 aliphatic carbocycles. The molecule has 28 heavy (non-hydrogen) atoms. The van der Waals surface area contributed by atoms with Crippen molar-refractivity contribution in [3.05, 3.63) is 50.9 Å². The van der Waals surface area contributed by atoms with Gasteiger partial charge in [-0.05, 0) is 62.9 Å². The van der Waals surface area contributed by atoms with Gasteiger partial charge in [-0.15, -0.1) is 11.3 Å². The lowest BCUT2D eigenvalue weighted by molar-refractivity contribution is 0.176. The SMILES string of the molecule is CN=C(NCCc1ccc(Cl)cc1)NCC1CCN(Cc2csc(C)n2)CC1. The zero-order chi connectivity index (χ0) is 19.8. The zero-order valence-corrected chi connectivity index (χ0v) is 18.3. The van der Waals surface area contributed by atoms with Crippen LogP contribution >= 0.6 is 22.9 Å². The van der Waals surface area contributed by atoms with Gasteiger partial charge in [0.1, 0.15) is 0 Å². The summed E-state index contributed by atoms with van der Waals surface area (Å²) in [5.41, 5.74) is 2.49. The van der Waals surface area contributed by atoms with Gasteiger partial charge in [0.2, 0.25) is 0 Å². The zero-order valence-electron chi connectivity index (χ0n) is 16.7. The summed E-state index contributed by atoms with van der Waals surface area (Å²) in [4.78, 5) is 11.4. The minimum Gasteiger partial charge on any atom is -0.356 e. The molecular formula is C21H30ClN5S. The van der Waals surface area contributed by atoms with Gasteiger partial charge in [0.05, 0.1) is 10.7 Å². The number of nitrogens with one attached hydrogen (secondary N) is 2. The Bertz CT molecular complexity index is 750. The molecule has 1 saturated heterocycles. The van der Waals surface area contributed by atoms with E-state index in [0.29, 0.717) is 5.92 Å². The summed E-state index contributed by atoms with van der Waals surface area (Å²) in [6, 6.07) is 8.01. The number of hydrogen-bond donors (Lipinski definition) is 2. The number of piperidine rings is 1. The first-order valence-electron chi connectivity index (χ1n) is 9.94. The number of aromatic nitrogens is 1. The Hall–Kier alpha value is -1.63. The lowest BCUT2D eigenvalue weighted by atomic mass is 9.97. The minimum atomic E-state index is 0.697. The molecule has 0 amide bonds. The van der Waals surface area contributed by atoms with Gasteiger partial charge in [0.15, 0.2) is 5.96 Å². The third-order valence-corrected chi connectivity index (χ3v) is 6.23. The van der Waals surface area contributed by atoms with Crippen LogP contribution in [-0.4, -0.2) is 49.1 Å². The van der Waals surface area contributed by atoms with Crippen LogP contribution in [0.1, 0.15) is 29.1 Å². The third kappa shape index (κ3) is 6.76. The van der Waals surface area contributed by atoms with E-state index in [1.54, 1.807) is 11.3 Å². The summed E-state index contributed by atoms with van der Waals surface area (Å²) < 4.78 is 0. The van der Waals surface area contributed by atoms with Crippen molar-refractivity contribution in [1.29, 1.82) is 0 Å². The highest BCUT2D eigenvalue weighted by atomic mass is 35.5. The summed E-state index contributed by atoms with van der Waals surface area (Å²) in [6.07, 6.45) is 3.39. The Balaban J connectivity index is 1.32. The van der Waals surface area contributed by atoms with Crippen LogP contribution in [0.5, 0.6) is 0 Å². The smallest absolute Gasteiger partial charge is 0.190 e. The second-order valence-corrected chi connectivity index (χ2v) is 8.83. The lowest BCUT2D eigenvalue weighted by Gasteiger charge is -2.31. The third-order valence-electron chi connectivity index (χ3n) is 5.16. The van der Waals surface area contributed by atoms with Crippen LogP contribution in [0.3, 0.4) is 0 Å². The van der Waals surface area contributed by atoms with Crippen LogP contribution in [0.4, 0.5) is 0 Å². The van der Waals surface area contributed by atoms with Gasteiger partial charge in [-0.25, -0.2) is 4.98 Å². The molecule has 0 unspecified atom stereocenters. The highest BCUT2D eigenvalue weighted by Gasteiger charge is 2.20. The number of benzene rings is 1. The van der Waals surface area contributed by atoms with Gasteiger partial charge in [0.25, 0.3) is 0 Å². The molecule has 2 aromatic rings. The summed E-state index contributed by atoms with van der Waals surface area (Å²) in [6.45, 7) is 7.18. The first-order valence-corrected chi connectivity index (χ1v) is 11.2. The Morgan fingerprint density at radius 2 is 2.00 bits per heavy atom. The van der Waals surface area contributed by atoms with Crippen molar-refractivity contribution in [2.75, 3.05) is 33.2 Å². The Kier molecular flexibility index (Phi) is 8.13. The van der Waals surface area contributed by atoms with Gasteiger partial charge in [0, 0.05) is 37.1 Å². The van der Waals surface area contributed by atoms with E-state index in [4.69, 9.17) is 11.6 Å². The molecule has 1 fully saturated rings. The van der Waals surface area contributed by atoms with Crippen molar-refractivity contribution in [2.45, 2.75) is 32.7 Å². The number of rotatable bonds is 7. The van der Waals surface area contributed by atoms with Crippen molar-refractivity contribution in [1.82, 2.24) is 20.5 Å². The molecule has 0 atom stereocenters. The fourth-order valence-electron chi connectivity index (χ4n) is 3.50. The molecule has 0 spiro atoms. The monoisotopic (exact) mass is 419 g/mol. The van der Waals surface area contributed by atoms with Gasteiger partial charge >= 0.3 is 0 Å². The molecule has 1 aromatic heterocycles. The van der Waals surface area contributed by atoms with Gasteiger partial charge in [-0.2, -0.15) is 0 Å². The summed E-state index contributed by atoms with van der Waals surface area (Å²) in [5.74, 6) is 1.58. The average molecular weight is 420 g/mol. The van der Waals surface area contributed by atoms with E-state index in [2.05, 4.69) is 49.9 Å². The van der Waals surface area contributed by atoms with E-state index in [0.717, 1.165) is 55.1 Å². The van der Waals surface area contributed by atoms with E-state index in [9.17, 15) is 0 Å². The van der Waals surface area contributed by atoms with E-state index < -0.39 is 0 Å². The Morgan fingerprint density at radius 3 is 2.64 bits per heavy atom. The Morgan fingerprint density at radius 1 is 1.25 bits per heavy atom. The maximum atomic E-state index is 5.93. The van der Waals surface area contributed by atoms with Crippen molar-refractivity contribution in [3.63, 3.8) is 0 Å². The molecule has 2 N–H and O–H groups in total. The fraction of sp³-hybridized carbons (Fsp3) is 0.524. The van der Waals surface area contributed by atoms with Crippen LogP contribution in [0, 0.1) is 12.8 Å². The number of hydrogen-bond acceptors (Lipinski definition) is 4. The topological polar surface area (TPSA) is 52.6 Å². The number of guanidine groups is 1.